The number of carbonyl (C=O) groups excluding carboxylic acids is 1. The van der Waals surface area contributed by atoms with E-state index in [1.807, 2.05) is 0 Å². The van der Waals surface area contributed by atoms with Gasteiger partial charge in [-0.15, -0.1) is 0 Å². The Morgan fingerprint density at radius 3 is 2.34 bits per heavy atom. The van der Waals surface area contributed by atoms with E-state index in [1.165, 1.54) is 12.4 Å². The molecule has 0 bridgehead atoms. The number of nitrogens with two attached hydrogens (primary N) is 1. The van der Waals surface area contributed by atoms with E-state index in [4.69, 9.17) is 10.5 Å². The molecule has 2 saturated heterocycles. The summed E-state index contributed by atoms with van der Waals surface area (Å²) in [6.45, 7) is 4.98. The number of amides is 1. The van der Waals surface area contributed by atoms with Crippen LogP contribution in [0.5, 0.6) is 0 Å². The normalized spacial score (nSPS) is 24.9. The third-order valence-corrected chi connectivity index (χ3v) is 7.62. The summed E-state index contributed by atoms with van der Waals surface area (Å²) >= 11 is 0. The van der Waals surface area contributed by atoms with Crippen LogP contribution in [-0.4, -0.2) is 89.7 Å². The second-order valence-corrected chi connectivity index (χ2v) is 9.74. The Bertz CT molecular complexity index is 1050. The van der Waals surface area contributed by atoms with Crippen molar-refractivity contribution < 1.29 is 22.7 Å². The first kappa shape index (κ1) is 24.2. The number of fused-ring (bicyclic) bond motifs is 1. The fourth-order valence-corrected chi connectivity index (χ4v) is 5.71. The van der Waals surface area contributed by atoms with Crippen molar-refractivity contribution in [3.8, 4) is 0 Å². The van der Waals surface area contributed by atoms with Gasteiger partial charge in [-0.05, 0) is 43.9 Å². The third-order valence-electron chi connectivity index (χ3n) is 7.62. The molecule has 2 aromatic rings. The van der Waals surface area contributed by atoms with Gasteiger partial charge in [-0.1, -0.05) is 0 Å². The van der Waals surface area contributed by atoms with Gasteiger partial charge in [-0.25, -0.2) is 9.97 Å². The summed E-state index contributed by atoms with van der Waals surface area (Å²) in [5, 5.41) is 0.271. The van der Waals surface area contributed by atoms with E-state index < -0.39 is 17.6 Å². The maximum atomic E-state index is 13.4. The van der Waals surface area contributed by atoms with E-state index >= 15 is 0 Å². The van der Waals surface area contributed by atoms with Crippen LogP contribution in [0.3, 0.4) is 0 Å². The summed E-state index contributed by atoms with van der Waals surface area (Å²) in [6, 6.07) is 4.46. The highest BCUT2D eigenvalue weighted by Gasteiger charge is 2.40. The average Bonchev–Trinajstić information content (AvgIpc) is 2.82. The molecule has 0 radical (unpaired) electrons. The first-order chi connectivity index (χ1) is 16.8. The first-order valence-corrected chi connectivity index (χ1v) is 12.2. The second kappa shape index (κ2) is 9.87. The quantitative estimate of drug-likeness (QED) is 0.662. The van der Waals surface area contributed by atoms with Crippen molar-refractivity contribution in [1.29, 1.82) is 0 Å². The molecule has 5 rings (SSSR count). The molecule has 1 amide bonds. The van der Waals surface area contributed by atoms with Crippen molar-refractivity contribution in [1.82, 2.24) is 19.8 Å². The SMILES string of the molecule is NC(=O)CN(c1ncnc2ccc(C(F)(F)F)cc12)C1CN(C2CCC(N3CCOCC3)CC2)C1. The molecule has 35 heavy (non-hydrogen) atoms. The van der Waals surface area contributed by atoms with Crippen molar-refractivity contribution in [3.63, 3.8) is 0 Å². The molecule has 190 valence electrons. The van der Waals surface area contributed by atoms with Crippen LogP contribution in [0.15, 0.2) is 24.5 Å². The number of rotatable bonds is 6. The molecule has 1 saturated carbocycles. The van der Waals surface area contributed by atoms with Gasteiger partial charge < -0.3 is 15.4 Å². The van der Waals surface area contributed by atoms with E-state index in [2.05, 4.69) is 19.8 Å². The highest BCUT2D eigenvalue weighted by molar-refractivity contribution is 5.92. The van der Waals surface area contributed by atoms with Crippen LogP contribution in [-0.2, 0) is 15.7 Å². The number of aromatic nitrogens is 2. The largest absolute Gasteiger partial charge is 0.416 e. The molecule has 3 heterocycles. The minimum atomic E-state index is -4.48. The predicted molar refractivity (Wildman–Crippen MR) is 125 cm³/mol. The molecule has 11 heteroatoms. The van der Waals surface area contributed by atoms with Gasteiger partial charge in [0.1, 0.15) is 12.1 Å². The highest BCUT2D eigenvalue weighted by atomic mass is 19.4. The van der Waals surface area contributed by atoms with Crippen LogP contribution in [0.4, 0.5) is 19.0 Å². The van der Waals surface area contributed by atoms with E-state index in [1.54, 1.807) is 4.90 Å². The first-order valence-electron chi connectivity index (χ1n) is 12.2. The molecular formula is C24H31F3N6O2. The Balaban J connectivity index is 1.28. The summed E-state index contributed by atoms with van der Waals surface area (Å²) in [5.74, 6) is -0.228. The number of benzene rings is 1. The molecule has 8 nitrogen and oxygen atoms in total. The average molecular weight is 493 g/mol. The fraction of sp³-hybridized carbons (Fsp3) is 0.625. The number of likely N-dealkylation sites (tertiary alicyclic amines) is 1. The lowest BCUT2D eigenvalue weighted by Crippen LogP contribution is -2.64. The number of anilines is 1. The smallest absolute Gasteiger partial charge is 0.379 e. The number of hydrogen-bond acceptors (Lipinski definition) is 7. The Labute approximate surface area is 202 Å². The zero-order valence-corrected chi connectivity index (χ0v) is 19.6. The number of halogens is 3. The van der Waals surface area contributed by atoms with Crippen molar-refractivity contribution in [2.24, 2.45) is 5.73 Å². The lowest BCUT2D eigenvalue weighted by Gasteiger charge is -2.51. The molecule has 2 N–H and O–H groups in total. The van der Waals surface area contributed by atoms with Crippen LogP contribution in [0.1, 0.15) is 31.2 Å². The highest BCUT2D eigenvalue weighted by Crippen LogP contribution is 2.36. The third kappa shape index (κ3) is 5.22. The number of alkyl halides is 3. The second-order valence-electron chi connectivity index (χ2n) is 9.74. The molecule has 1 aliphatic carbocycles. The predicted octanol–water partition coefficient (Wildman–Crippen LogP) is 2.27. The zero-order valence-electron chi connectivity index (χ0n) is 19.6. The maximum absolute atomic E-state index is 13.4. The summed E-state index contributed by atoms with van der Waals surface area (Å²) in [5.41, 5.74) is 5.15. The van der Waals surface area contributed by atoms with Gasteiger partial charge in [0, 0.05) is 43.6 Å². The number of ether oxygens (including phenoxy) is 1. The number of morpholine rings is 1. The number of nitrogens with zero attached hydrogens (tertiary/aromatic N) is 5. The summed E-state index contributed by atoms with van der Waals surface area (Å²) in [7, 11) is 0. The molecule has 3 aliphatic rings. The number of hydrogen-bond donors (Lipinski definition) is 1. The lowest BCUT2D eigenvalue weighted by atomic mass is 9.87. The van der Waals surface area contributed by atoms with E-state index in [0.29, 0.717) is 23.4 Å². The lowest BCUT2D eigenvalue weighted by molar-refractivity contribution is -0.137. The summed E-state index contributed by atoms with van der Waals surface area (Å²) < 4.78 is 45.5. The molecule has 1 aromatic carbocycles. The van der Waals surface area contributed by atoms with Gasteiger partial charge in [0.2, 0.25) is 5.91 Å². The molecule has 0 spiro atoms. The molecule has 2 aliphatic heterocycles. The van der Waals surface area contributed by atoms with E-state index in [9.17, 15) is 18.0 Å². The minimum Gasteiger partial charge on any atom is -0.379 e. The van der Waals surface area contributed by atoms with Gasteiger partial charge in [-0.3, -0.25) is 14.6 Å². The van der Waals surface area contributed by atoms with Crippen molar-refractivity contribution in [2.45, 2.75) is 50.0 Å². The van der Waals surface area contributed by atoms with Crippen LogP contribution in [0.25, 0.3) is 10.9 Å². The number of carbonyl (C=O) groups is 1. The van der Waals surface area contributed by atoms with Crippen LogP contribution < -0.4 is 10.6 Å². The molecule has 1 aromatic heterocycles. The van der Waals surface area contributed by atoms with Crippen LogP contribution >= 0.6 is 0 Å². The van der Waals surface area contributed by atoms with Gasteiger partial charge in [0.25, 0.3) is 0 Å². The Morgan fingerprint density at radius 1 is 1.06 bits per heavy atom. The molecular weight excluding hydrogens is 461 g/mol. The molecule has 3 fully saturated rings. The topological polar surface area (TPSA) is 87.8 Å². The Morgan fingerprint density at radius 2 is 1.71 bits per heavy atom. The summed E-state index contributed by atoms with van der Waals surface area (Å²) in [4.78, 5) is 27.0. The fourth-order valence-electron chi connectivity index (χ4n) is 5.71. The number of primary amides is 1. The van der Waals surface area contributed by atoms with Crippen molar-refractivity contribution in [2.75, 3.05) is 50.8 Å². The van der Waals surface area contributed by atoms with E-state index in [-0.39, 0.29) is 18.0 Å². The van der Waals surface area contributed by atoms with Gasteiger partial charge in [0.15, 0.2) is 0 Å². The minimum absolute atomic E-state index is 0.0490. The standard InChI is InChI=1S/C24H31F3N6O2/c25-24(26,27)16-1-6-21-20(11-16)23(30-15-29-21)33(14-22(28)34)19-12-32(13-19)18-4-2-17(3-5-18)31-7-9-35-10-8-31/h1,6,11,15,17-19H,2-5,7-10,12-14H2,(H2,28,34). The van der Waals surface area contributed by atoms with Crippen LogP contribution in [0, 0.1) is 0 Å². The van der Waals surface area contributed by atoms with Crippen molar-refractivity contribution >= 4 is 22.6 Å². The van der Waals surface area contributed by atoms with Crippen LogP contribution in [0.2, 0.25) is 0 Å². The van der Waals surface area contributed by atoms with Gasteiger partial charge in [0.05, 0.1) is 36.9 Å². The van der Waals surface area contributed by atoms with Crippen molar-refractivity contribution in [3.05, 3.63) is 30.1 Å². The zero-order chi connectivity index (χ0) is 24.6. The van der Waals surface area contributed by atoms with E-state index in [0.717, 1.165) is 77.2 Å². The summed E-state index contributed by atoms with van der Waals surface area (Å²) in [6.07, 6.45) is 1.40. The molecule has 0 unspecified atom stereocenters. The monoisotopic (exact) mass is 492 g/mol. The van der Waals surface area contributed by atoms with Gasteiger partial charge in [-0.2, -0.15) is 13.2 Å². The maximum Gasteiger partial charge on any atom is 0.416 e. The Kier molecular flexibility index (Phi) is 6.82. The Hall–Kier alpha value is -2.50. The van der Waals surface area contributed by atoms with Gasteiger partial charge >= 0.3 is 6.18 Å². The molecule has 0 atom stereocenters.